The van der Waals surface area contributed by atoms with E-state index >= 15 is 0 Å². The Kier molecular flexibility index (Phi) is 10.1. The lowest BCUT2D eigenvalue weighted by Crippen LogP contribution is -2.40. The largest absolute Gasteiger partial charge is 0.492 e. The van der Waals surface area contributed by atoms with Gasteiger partial charge in [0.2, 0.25) is 0 Å². The van der Waals surface area contributed by atoms with Crippen LogP contribution in [0.15, 0.2) is 29.3 Å². The predicted octanol–water partition coefficient (Wildman–Crippen LogP) is 2.84. The first kappa shape index (κ1) is 22.5. The molecular weight excluding hydrogens is 352 g/mol. The minimum Gasteiger partial charge on any atom is -0.492 e. The first-order chi connectivity index (χ1) is 13.7. The molecule has 1 aliphatic rings. The monoisotopic (exact) mass is 390 g/mol. The highest BCUT2D eigenvalue weighted by molar-refractivity contribution is 5.79. The summed E-state index contributed by atoms with van der Waals surface area (Å²) >= 11 is 0. The third kappa shape index (κ3) is 8.07. The normalized spacial score (nSPS) is 14.4. The quantitative estimate of drug-likeness (QED) is 0.319. The molecule has 1 saturated carbocycles. The van der Waals surface area contributed by atoms with Gasteiger partial charge in [-0.1, -0.05) is 32.0 Å². The van der Waals surface area contributed by atoms with Crippen LogP contribution in [-0.4, -0.2) is 75.9 Å². The minimum atomic E-state index is 0.682. The van der Waals surface area contributed by atoms with E-state index in [2.05, 4.69) is 40.0 Å². The number of nitrogens with one attached hydrogen (secondary N) is 1. The third-order valence-corrected chi connectivity index (χ3v) is 5.16. The molecule has 0 aromatic heterocycles. The summed E-state index contributed by atoms with van der Waals surface area (Å²) in [5.41, 5.74) is 1.14. The molecule has 1 aliphatic carbocycles. The van der Waals surface area contributed by atoms with Crippen molar-refractivity contribution in [1.29, 1.82) is 0 Å². The molecule has 0 aliphatic heterocycles. The fourth-order valence-electron chi connectivity index (χ4n) is 3.02. The molecule has 0 radical (unpaired) electrons. The van der Waals surface area contributed by atoms with Crippen molar-refractivity contribution in [1.82, 2.24) is 15.1 Å². The van der Waals surface area contributed by atoms with Gasteiger partial charge < -0.3 is 24.6 Å². The Labute approximate surface area is 170 Å². The molecule has 0 bridgehead atoms. The summed E-state index contributed by atoms with van der Waals surface area (Å²) in [4.78, 5) is 8.87. The van der Waals surface area contributed by atoms with Gasteiger partial charge in [0.25, 0.3) is 0 Å². The number of nitrogens with zero attached hydrogens (tertiary/aromatic N) is 3. The van der Waals surface area contributed by atoms with Crippen molar-refractivity contribution >= 4 is 5.96 Å². The molecule has 2 rings (SSSR count). The van der Waals surface area contributed by atoms with E-state index in [1.54, 1.807) is 0 Å². The molecule has 1 N–H and O–H groups in total. The zero-order chi connectivity index (χ0) is 20.2. The van der Waals surface area contributed by atoms with E-state index in [1.807, 2.05) is 32.3 Å². The summed E-state index contributed by atoms with van der Waals surface area (Å²) in [6.07, 6.45) is 2.66. The van der Waals surface area contributed by atoms with Crippen LogP contribution in [0.2, 0.25) is 0 Å². The molecule has 0 unspecified atom stereocenters. The Morgan fingerprint density at radius 2 is 1.89 bits per heavy atom. The number of guanidine groups is 1. The van der Waals surface area contributed by atoms with E-state index in [0.29, 0.717) is 13.2 Å². The highest BCUT2D eigenvalue weighted by Gasteiger charge is 2.21. The van der Waals surface area contributed by atoms with Gasteiger partial charge in [-0.05, 0) is 37.9 Å². The predicted molar refractivity (Wildman–Crippen MR) is 116 cm³/mol. The van der Waals surface area contributed by atoms with Crippen LogP contribution < -0.4 is 10.1 Å². The van der Waals surface area contributed by atoms with E-state index in [1.165, 1.54) is 12.8 Å². The van der Waals surface area contributed by atoms with Crippen LogP contribution in [0, 0.1) is 5.92 Å². The van der Waals surface area contributed by atoms with Gasteiger partial charge >= 0.3 is 0 Å². The second-order valence-corrected chi connectivity index (χ2v) is 7.32. The molecule has 28 heavy (non-hydrogen) atoms. The van der Waals surface area contributed by atoms with Crippen LogP contribution in [0.25, 0.3) is 0 Å². The standard InChI is InChI=1S/C22H38N4O2/c1-5-26(6-2)14-16-28-21-10-8-7-9-20(21)17-24-22(23-3)25(4)13-15-27-18-19-11-12-19/h7-10,19H,5-6,11-18H2,1-4H3,(H,23,24). The number of likely N-dealkylation sites (N-methyl/N-ethyl adjacent to an activating group) is 2. The van der Waals surface area contributed by atoms with Crippen molar-refractivity contribution in [3.8, 4) is 5.75 Å². The lowest BCUT2D eigenvalue weighted by atomic mass is 10.2. The Balaban J connectivity index is 1.77. The zero-order valence-electron chi connectivity index (χ0n) is 18.1. The third-order valence-electron chi connectivity index (χ3n) is 5.16. The molecule has 0 atom stereocenters. The van der Waals surface area contributed by atoms with Crippen molar-refractivity contribution in [2.45, 2.75) is 33.2 Å². The summed E-state index contributed by atoms with van der Waals surface area (Å²) in [6.45, 7) is 11.3. The first-order valence-corrected chi connectivity index (χ1v) is 10.6. The van der Waals surface area contributed by atoms with E-state index in [-0.39, 0.29) is 0 Å². The first-order valence-electron chi connectivity index (χ1n) is 10.6. The van der Waals surface area contributed by atoms with Crippen molar-refractivity contribution in [2.75, 3.05) is 60.1 Å². The number of hydrogen-bond donors (Lipinski definition) is 1. The van der Waals surface area contributed by atoms with Crippen molar-refractivity contribution in [3.05, 3.63) is 29.8 Å². The Hall–Kier alpha value is -1.79. The highest BCUT2D eigenvalue weighted by Crippen LogP contribution is 2.28. The Bertz CT molecular complexity index is 586. The highest BCUT2D eigenvalue weighted by atomic mass is 16.5. The van der Waals surface area contributed by atoms with Gasteiger partial charge in [0.05, 0.1) is 6.61 Å². The molecule has 1 fully saturated rings. The smallest absolute Gasteiger partial charge is 0.193 e. The maximum Gasteiger partial charge on any atom is 0.193 e. The summed E-state index contributed by atoms with van der Waals surface area (Å²) in [7, 11) is 3.86. The number of aliphatic imine (C=N–C) groups is 1. The van der Waals surface area contributed by atoms with Crippen molar-refractivity contribution in [2.24, 2.45) is 10.9 Å². The molecular formula is C22H38N4O2. The molecule has 6 heteroatoms. The second kappa shape index (κ2) is 12.6. The maximum atomic E-state index is 6.05. The Morgan fingerprint density at radius 3 is 2.57 bits per heavy atom. The van der Waals surface area contributed by atoms with Crippen molar-refractivity contribution in [3.63, 3.8) is 0 Å². The lowest BCUT2D eigenvalue weighted by Gasteiger charge is -2.23. The number of ether oxygens (including phenoxy) is 2. The number of rotatable bonds is 13. The summed E-state index contributed by atoms with van der Waals surface area (Å²) in [5, 5.41) is 3.44. The van der Waals surface area contributed by atoms with Crippen LogP contribution in [0.1, 0.15) is 32.3 Å². The van der Waals surface area contributed by atoms with Gasteiger partial charge in [-0.3, -0.25) is 4.99 Å². The Morgan fingerprint density at radius 1 is 1.14 bits per heavy atom. The van der Waals surface area contributed by atoms with Crippen molar-refractivity contribution < 1.29 is 9.47 Å². The minimum absolute atomic E-state index is 0.682. The molecule has 6 nitrogen and oxygen atoms in total. The lowest BCUT2D eigenvalue weighted by molar-refractivity contribution is 0.115. The van der Waals surface area contributed by atoms with E-state index in [0.717, 1.165) is 62.6 Å². The molecule has 0 heterocycles. The van der Waals surface area contributed by atoms with Crippen LogP contribution in [0.4, 0.5) is 0 Å². The van der Waals surface area contributed by atoms with Crippen LogP contribution >= 0.6 is 0 Å². The number of benzene rings is 1. The second-order valence-electron chi connectivity index (χ2n) is 7.32. The molecule has 0 amide bonds. The van der Waals surface area contributed by atoms with E-state index in [9.17, 15) is 0 Å². The SMILES string of the molecule is CCN(CC)CCOc1ccccc1CNC(=NC)N(C)CCOCC1CC1. The van der Waals surface area contributed by atoms with Gasteiger partial charge in [-0.2, -0.15) is 0 Å². The van der Waals surface area contributed by atoms with E-state index < -0.39 is 0 Å². The summed E-state index contributed by atoms with van der Waals surface area (Å²) in [6, 6.07) is 8.21. The topological polar surface area (TPSA) is 49.3 Å². The number of para-hydroxylation sites is 1. The van der Waals surface area contributed by atoms with Gasteiger partial charge in [0.1, 0.15) is 12.4 Å². The molecule has 1 aromatic rings. The van der Waals surface area contributed by atoms with Crippen LogP contribution in [0.3, 0.4) is 0 Å². The average molecular weight is 391 g/mol. The average Bonchev–Trinajstić information content (AvgIpc) is 3.54. The summed E-state index contributed by atoms with van der Waals surface area (Å²) in [5.74, 6) is 2.61. The van der Waals surface area contributed by atoms with Gasteiger partial charge in [-0.25, -0.2) is 0 Å². The number of hydrogen-bond acceptors (Lipinski definition) is 4. The van der Waals surface area contributed by atoms with E-state index in [4.69, 9.17) is 9.47 Å². The fraction of sp³-hybridized carbons (Fsp3) is 0.682. The zero-order valence-corrected chi connectivity index (χ0v) is 18.1. The van der Waals surface area contributed by atoms with Gasteiger partial charge in [0, 0.05) is 45.9 Å². The van der Waals surface area contributed by atoms with Gasteiger partial charge in [0.15, 0.2) is 5.96 Å². The summed E-state index contributed by atoms with van der Waals surface area (Å²) < 4.78 is 11.8. The molecule has 1 aromatic carbocycles. The van der Waals surface area contributed by atoms with Gasteiger partial charge in [-0.15, -0.1) is 0 Å². The molecule has 0 saturated heterocycles. The van der Waals surface area contributed by atoms with Crippen LogP contribution in [0.5, 0.6) is 5.75 Å². The molecule has 158 valence electrons. The molecule has 0 spiro atoms. The maximum absolute atomic E-state index is 6.05. The van der Waals surface area contributed by atoms with Crippen LogP contribution in [-0.2, 0) is 11.3 Å². The fourth-order valence-corrected chi connectivity index (χ4v) is 3.02.